The Morgan fingerprint density at radius 1 is 1.16 bits per heavy atom. The maximum absolute atomic E-state index is 12.7. The van der Waals surface area contributed by atoms with Gasteiger partial charge in [0.15, 0.2) is 0 Å². The Kier molecular flexibility index (Phi) is 3.84. The minimum atomic E-state index is 0.0608. The molecule has 0 bridgehead atoms. The topological polar surface area (TPSA) is 32.3 Å². The summed E-state index contributed by atoms with van der Waals surface area (Å²) in [5.41, 5.74) is 0. The maximum atomic E-state index is 12.7. The first-order valence-electron chi connectivity index (χ1n) is 8.23. The summed E-state index contributed by atoms with van der Waals surface area (Å²) < 4.78 is 0. The molecule has 19 heavy (non-hydrogen) atoms. The van der Waals surface area contributed by atoms with Gasteiger partial charge in [-0.3, -0.25) is 10.1 Å². The summed E-state index contributed by atoms with van der Waals surface area (Å²) in [4.78, 5) is 14.9. The van der Waals surface area contributed by atoms with E-state index >= 15 is 0 Å². The van der Waals surface area contributed by atoms with Crippen molar-refractivity contribution in [3.63, 3.8) is 0 Å². The van der Waals surface area contributed by atoms with Crippen molar-refractivity contribution in [2.45, 2.75) is 71.0 Å². The van der Waals surface area contributed by atoms with Gasteiger partial charge in [0, 0.05) is 6.54 Å². The third-order valence-electron chi connectivity index (χ3n) is 5.43. The summed E-state index contributed by atoms with van der Waals surface area (Å²) in [6, 6.07) is 0.0608. The van der Waals surface area contributed by atoms with Gasteiger partial charge in [0.1, 0.15) is 0 Å². The van der Waals surface area contributed by atoms with E-state index in [0.717, 1.165) is 12.5 Å². The molecule has 3 nitrogen and oxygen atoms in total. The van der Waals surface area contributed by atoms with E-state index in [-0.39, 0.29) is 6.04 Å². The predicted molar refractivity (Wildman–Crippen MR) is 76.6 cm³/mol. The highest BCUT2D eigenvalue weighted by Crippen LogP contribution is 2.35. The van der Waals surface area contributed by atoms with Gasteiger partial charge < -0.3 is 4.90 Å². The zero-order valence-electron chi connectivity index (χ0n) is 12.4. The van der Waals surface area contributed by atoms with Crippen LogP contribution in [0.3, 0.4) is 0 Å². The highest BCUT2D eigenvalue weighted by Gasteiger charge is 2.45. The van der Waals surface area contributed by atoms with Crippen LogP contribution in [0.5, 0.6) is 0 Å². The molecule has 0 aromatic carbocycles. The van der Waals surface area contributed by atoms with Crippen LogP contribution in [0.2, 0.25) is 0 Å². The Labute approximate surface area is 117 Å². The van der Waals surface area contributed by atoms with Crippen LogP contribution in [0.1, 0.15) is 58.8 Å². The molecule has 3 aliphatic rings. The van der Waals surface area contributed by atoms with Crippen LogP contribution in [0.15, 0.2) is 0 Å². The first-order valence-corrected chi connectivity index (χ1v) is 8.23. The Balaban J connectivity index is 1.72. The van der Waals surface area contributed by atoms with E-state index in [0.29, 0.717) is 23.9 Å². The molecule has 2 atom stereocenters. The Hall–Kier alpha value is -0.570. The zero-order valence-corrected chi connectivity index (χ0v) is 12.4. The highest BCUT2D eigenvalue weighted by molar-refractivity contribution is 5.84. The van der Waals surface area contributed by atoms with Crippen LogP contribution in [0.25, 0.3) is 0 Å². The minimum Gasteiger partial charge on any atom is -0.325 e. The number of carbonyl (C=O) groups is 1. The van der Waals surface area contributed by atoms with Crippen LogP contribution in [0, 0.1) is 17.8 Å². The van der Waals surface area contributed by atoms with Gasteiger partial charge in [-0.05, 0) is 43.4 Å². The van der Waals surface area contributed by atoms with E-state index in [1.54, 1.807) is 0 Å². The summed E-state index contributed by atoms with van der Waals surface area (Å²) in [5, 5.41) is 3.66. The van der Waals surface area contributed by atoms with Crippen molar-refractivity contribution in [2.75, 3.05) is 6.54 Å². The van der Waals surface area contributed by atoms with E-state index in [2.05, 4.69) is 24.1 Å². The molecule has 1 saturated heterocycles. The summed E-state index contributed by atoms with van der Waals surface area (Å²) >= 11 is 0. The lowest BCUT2D eigenvalue weighted by Gasteiger charge is -2.35. The maximum Gasteiger partial charge on any atom is 0.241 e. The lowest BCUT2D eigenvalue weighted by molar-refractivity contribution is -0.132. The molecule has 1 aliphatic heterocycles. The van der Waals surface area contributed by atoms with Crippen LogP contribution < -0.4 is 5.32 Å². The fraction of sp³-hybridized carbons (Fsp3) is 0.938. The van der Waals surface area contributed by atoms with E-state index < -0.39 is 0 Å². The van der Waals surface area contributed by atoms with E-state index in [1.807, 2.05) is 0 Å². The number of rotatable bonds is 4. The summed E-state index contributed by atoms with van der Waals surface area (Å²) in [7, 11) is 0. The van der Waals surface area contributed by atoms with Crippen molar-refractivity contribution in [2.24, 2.45) is 17.8 Å². The number of nitrogens with zero attached hydrogens (tertiary/aromatic N) is 1. The third kappa shape index (κ3) is 2.54. The molecule has 1 amide bonds. The summed E-state index contributed by atoms with van der Waals surface area (Å²) in [5.74, 6) is 2.26. The molecule has 3 fully saturated rings. The zero-order chi connectivity index (χ0) is 13.4. The molecular weight excluding hydrogens is 236 g/mol. The molecule has 0 aromatic heterocycles. The average molecular weight is 264 g/mol. The Morgan fingerprint density at radius 2 is 1.84 bits per heavy atom. The molecule has 3 rings (SSSR count). The van der Waals surface area contributed by atoms with Gasteiger partial charge in [-0.15, -0.1) is 0 Å². The molecule has 2 saturated carbocycles. The number of hydrogen-bond donors (Lipinski definition) is 1. The third-order valence-corrected chi connectivity index (χ3v) is 5.43. The molecule has 0 spiro atoms. The van der Waals surface area contributed by atoms with Gasteiger partial charge in [0.2, 0.25) is 5.91 Å². The van der Waals surface area contributed by atoms with Crippen molar-refractivity contribution in [3.8, 4) is 0 Å². The predicted octanol–water partition coefficient (Wildman–Crippen LogP) is 2.76. The second kappa shape index (κ2) is 5.43. The lowest BCUT2D eigenvalue weighted by atomic mass is 9.84. The fourth-order valence-electron chi connectivity index (χ4n) is 3.96. The molecule has 3 heteroatoms. The van der Waals surface area contributed by atoms with Crippen LogP contribution >= 0.6 is 0 Å². The molecule has 0 aromatic rings. The SMILES string of the molecule is CC(C)C1NC(C2CCCC2)N(CC2CCC2)C1=O. The highest BCUT2D eigenvalue weighted by atomic mass is 16.2. The number of hydrogen-bond acceptors (Lipinski definition) is 2. The monoisotopic (exact) mass is 264 g/mol. The second-order valence-corrected chi connectivity index (χ2v) is 7.17. The van der Waals surface area contributed by atoms with Gasteiger partial charge in [-0.25, -0.2) is 0 Å². The van der Waals surface area contributed by atoms with Crippen molar-refractivity contribution < 1.29 is 4.79 Å². The van der Waals surface area contributed by atoms with Gasteiger partial charge in [0.25, 0.3) is 0 Å². The van der Waals surface area contributed by atoms with Crippen molar-refractivity contribution in [1.29, 1.82) is 0 Å². The van der Waals surface area contributed by atoms with Gasteiger partial charge in [-0.2, -0.15) is 0 Å². The van der Waals surface area contributed by atoms with Gasteiger partial charge >= 0.3 is 0 Å². The largest absolute Gasteiger partial charge is 0.325 e. The average Bonchev–Trinajstić information content (AvgIpc) is 2.91. The van der Waals surface area contributed by atoms with E-state index in [4.69, 9.17) is 0 Å². The molecule has 1 N–H and O–H groups in total. The summed E-state index contributed by atoms with van der Waals surface area (Å²) in [6.07, 6.45) is 9.65. The molecule has 108 valence electrons. The van der Waals surface area contributed by atoms with Crippen molar-refractivity contribution in [3.05, 3.63) is 0 Å². The lowest BCUT2D eigenvalue weighted by Crippen LogP contribution is -2.45. The minimum absolute atomic E-state index is 0.0608. The standard InChI is InChI=1S/C16H28N2O/c1-11(2)14-16(19)18(10-12-6-5-7-12)15(17-14)13-8-3-4-9-13/h11-15,17H,3-10H2,1-2H3. The Morgan fingerprint density at radius 3 is 2.37 bits per heavy atom. The number of carbonyl (C=O) groups excluding carboxylic acids is 1. The van der Waals surface area contributed by atoms with E-state index in [1.165, 1.54) is 44.9 Å². The molecule has 1 heterocycles. The second-order valence-electron chi connectivity index (χ2n) is 7.17. The van der Waals surface area contributed by atoms with Crippen LogP contribution in [0.4, 0.5) is 0 Å². The Bertz CT molecular complexity index is 332. The van der Waals surface area contributed by atoms with Crippen molar-refractivity contribution in [1.82, 2.24) is 10.2 Å². The normalized spacial score (nSPS) is 33.4. The van der Waals surface area contributed by atoms with Crippen LogP contribution in [-0.4, -0.2) is 29.6 Å². The van der Waals surface area contributed by atoms with Gasteiger partial charge in [0.05, 0.1) is 12.2 Å². The van der Waals surface area contributed by atoms with E-state index in [9.17, 15) is 4.79 Å². The smallest absolute Gasteiger partial charge is 0.241 e. The van der Waals surface area contributed by atoms with Gasteiger partial charge in [-0.1, -0.05) is 33.1 Å². The number of amides is 1. The quantitative estimate of drug-likeness (QED) is 0.847. The first kappa shape index (κ1) is 13.4. The molecular formula is C16H28N2O. The molecule has 2 aliphatic carbocycles. The van der Waals surface area contributed by atoms with Crippen LogP contribution in [-0.2, 0) is 4.79 Å². The molecule has 2 unspecified atom stereocenters. The number of nitrogens with one attached hydrogen (secondary N) is 1. The fourth-order valence-corrected chi connectivity index (χ4v) is 3.96. The molecule has 0 radical (unpaired) electrons. The first-order chi connectivity index (χ1) is 9.16. The summed E-state index contributed by atoms with van der Waals surface area (Å²) in [6.45, 7) is 5.33. The van der Waals surface area contributed by atoms with Crippen molar-refractivity contribution >= 4 is 5.91 Å².